The van der Waals surface area contributed by atoms with Gasteiger partial charge in [-0.1, -0.05) is 0 Å². The first-order valence-electron chi connectivity index (χ1n) is 3.61. The second-order valence-electron chi connectivity index (χ2n) is 2.43. The molecule has 0 unspecified atom stereocenters. The van der Waals surface area contributed by atoms with E-state index >= 15 is 0 Å². The minimum absolute atomic E-state index is 0.366. The second-order valence-corrected chi connectivity index (χ2v) is 2.43. The van der Waals surface area contributed by atoms with Gasteiger partial charge in [-0.3, -0.25) is 9.59 Å². The lowest BCUT2D eigenvalue weighted by molar-refractivity contribution is -0.136. The van der Waals surface area contributed by atoms with Crippen LogP contribution in [0, 0.1) is 0 Å². The number of hydrogen-bond acceptors (Lipinski definition) is 2. The number of carbonyl (C=O) groups excluding carboxylic acids is 2. The summed E-state index contributed by atoms with van der Waals surface area (Å²) < 4.78 is 0. The van der Waals surface area contributed by atoms with Gasteiger partial charge in [0.05, 0.1) is 6.54 Å². The molecule has 64 valence electrons. The first-order chi connectivity index (χ1) is 5.70. The highest BCUT2D eigenvalue weighted by atomic mass is 16.2. The zero-order valence-corrected chi connectivity index (χ0v) is 6.76. The Bertz CT molecular complexity index is 277. The van der Waals surface area contributed by atoms with Crippen molar-refractivity contribution in [1.82, 2.24) is 10.3 Å². The number of nitrogens with one attached hydrogen (secondary N) is 2. The molecule has 4 nitrogen and oxygen atoms in total. The molecule has 1 aromatic rings. The van der Waals surface area contributed by atoms with Crippen molar-refractivity contribution in [3.8, 4) is 0 Å². The predicted octanol–water partition coefficient (Wildman–Crippen LogP) is 0.220. The first-order valence-corrected chi connectivity index (χ1v) is 3.61. The molecule has 0 bridgehead atoms. The Hall–Kier alpha value is -1.58. The second kappa shape index (κ2) is 3.71. The van der Waals surface area contributed by atoms with Crippen LogP contribution >= 0.6 is 0 Å². The summed E-state index contributed by atoms with van der Waals surface area (Å²) in [5.74, 6) is -1.02. The average molecular weight is 166 g/mol. The lowest BCUT2D eigenvalue weighted by Crippen LogP contribution is -2.28. The number of amides is 1. The van der Waals surface area contributed by atoms with Crippen molar-refractivity contribution < 1.29 is 9.59 Å². The minimum Gasteiger partial charge on any atom is -0.364 e. The maximum Gasteiger partial charge on any atom is 0.287 e. The molecule has 0 aromatic carbocycles. The van der Waals surface area contributed by atoms with Gasteiger partial charge in [0, 0.05) is 18.8 Å². The molecule has 1 rings (SSSR count). The summed E-state index contributed by atoms with van der Waals surface area (Å²) in [7, 11) is 0. The fraction of sp³-hybridized carbons (Fsp3) is 0.250. The maximum absolute atomic E-state index is 10.8. The third kappa shape index (κ3) is 2.23. The van der Waals surface area contributed by atoms with E-state index in [0.29, 0.717) is 6.54 Å². The van der Waals surface area contributed by atoms with Crippen molar-refractivity contribution in [2.75, 3.05) is 0 Å². The molecule has 0 aliphatic rings. The van der Waals surface area contributed by atoms with Gasteiger partial charge in [0.15, 0.2) is 0 Å². The van der Waals surface area contributed by atoms with E-state index in [0.717, 1.165) is 5.69 Å². The number of ketones is 1. The molecule has 0 spiro atoms. The van der Waals surface area contributed by atoms with E-state index in [2.05, 4.69) is 10.3 Å². The quantitative estimate of drug-likeness (QED) is 0.631. The van der Waals surface area contributed by atoms with Crippen LogP contribution in [0.1, 0.15) is 12.6 Å². The first kappa shape index (κ1) is 8.52. The summed E-state index contributed by atoms with van der Waals surface area (Å²) >= 11 is 0. The van der Waals surface area contributed by atoms with Crippen LogP contribution < -0.4 is 5.32 Å². The van der Waals surface area contributed by atoms with Gasteiger partial charge in [-0.2, -0.15) is 0 Å². The van der Waals surface area contributed by atoms with Crippen LogP contribution in [0.2, 0.25) is 0 Å². The highest BCUT2D eigenvalue weighted by Crippen LogP contribution is 1.92. The monoisotopic (exact) mass is 166 g/mol. The summed E-state index contributed by atoms with van der Waals surface area (Å²) in [4.78, 5) is 24.1. The summed E-state index contributed by atoms with van der Waals surface area (Å²) in [6.07, 6.45) is 1.76. The van der Waals surface area contributed by atoms with Crippen molar-refractivity contribution in [2.45, 2.75) is 13.5 Å². The van der Waals surface area contributed by atoms with E-state index in [1.807, 2.05) is 12.1 Å². The van der Waals surface area contributed by atoms with Crippen molar-refractivity contribution in [1.29, 1.82) is 0 Å². The van der Waals surface area contributed by atoms with Crippen LogP contribution in [-0.2, 0) is 16.1 Å². The molecule has 0 fully saturated rings. The zero-order chi connectivity index (χ0) is 8.97. The molecule has 0 aliphatic carbocycles. The molecule has 1 aromatic heterocycles. The Labute approximate surface area is 70.0 Å². The van der Waals surface area contributed by atoms with E-state index in [9.17, 15) is 9.59 Å². The topological polar surface area (TPSA) is 62.0 Å². The Morgan fingerprint density at radius 3 is 2.83 bits per heavy atom. The van der Waals surface area contributed by atoms with E-state index in [-0.39, 0.29) is 0 Å². The molecule has 0 atom stereocenters. The van der Waals surface area contributed by atoms with Gasteiger partial charge in [-0.05, 0) is 12.1 Å². The predicted molar refractivity (Wildman–Crippen MR) is 43.3 cm³/mol. The molecule has 0 saturated heterocycles. The van der Waals surface area contributed by atoms with Crippen LogP contribution in [0.3, 0.4) is 0 Å². The normalized spacial score (nSPS) is 9.42. The van der Waals surface area contributed by atoms with Crippen molar-refractivity contribution in [3.63, 3.8) is 0 Å². The molecule has 0 radical (unpaired) electrons. The van der Waals surface area contributed by atoms with Crippen molar-refractivity contribution >= 4 is 11.7 Å². The van der Waals surface area contributed by atoms with Gasteiger partial charge in [-0.15, -0.1) is 0 Å². The van der Waals surface area contributed by atoms with Gasteiger partial charge in [0.1, 0.15) is 0 Å². The average Bonchev–Trinajstić information content (AvgIpc) is 2.51. The Morgan fingerprint density at radius 2 is 2.33 bits per heavy atom. The largest absolute Gasteiger partial charge is 0.364 e. The van der Waals surface area contributed by atoms with Crippen molar-refractivity contribution in [3.05, 3.63) is 24.0 Å². The molecule has 2 N–H and O–H groups in total. The van der Waals surface area contributed by atoms with E-state index in [1.54, 1.807) is 6.20 Å². The lowest BCUT2D eigenvalue weighted by atomic mass is 10.4. The summed E-state index contributed by atoms with van der Waals surface area (Å²) in [6, 6.07) is 3.66. The van der Waals surface area contributed by atoms with Gasteiger partial charge in [-0.25, -0.2) is 0 Å². The van der Waals surface area contributed by atoms with Gasteiger partial charge >= 0.3 is 0 Å². The van der Waals surface area contributed by atoms with Crippen LogP contribution in [0.4, 0.5) is 0 Å². The van der Waals surface area contributed by atoms with Gasteiger partial charge in [0.2, 0.25) is 5.78 Å². The standard InChI is InChI=1S/C8H10N2O2/c1-6(11)8(12)10-5-7-3-2-4-9-7/h2-4,9H,5H2,1H3,(H,10,12). The van der Waals surface area contributed by atoms with E-state index < -0.39 is 11.7 Å². The van der Waals surface area contributed by atoms with Crippen LogP contribution in [0.25, 0.3) is 0 Å². The third-order valence-corrected chi connectivity index (χ3v) is 1.42. The van der Waals surface area contributed by atoms with Crippen molar-refractivity contribution in [2.24, 2.45) is 0 Å². The molecular formula is C8H10N2O2. The van der Waals surface area contributed by atoms with Crippen LogP contribution in [-0.4, -0.2) is 16.7 Å². The van der Waals surface area contributed by atoms with E-state index in [1.165, 1.54) is 6.92 Å². The molecule has 4 heteroatoms. The molecule has 1 amide bonds. The summed E-state index contributed by atoms with van der Waals surface area (Å²) in [5.41, 5.74) is 0.879. The number of aromatic nitrogens is 1. The Morgan fingerprint density at radius 1 is 1.58 bits per heavy atom. The summed E-state index contributed by atoms with van der Waals surface area (Å²) in [5, 5.41) is 2.46. The number of hydrogen-bond donors (Lipinski definition) is 2. The smallest absolute Gasteiger partial charge is 0.287 e. The minimum atomic E-state index is -0.551. The Kier molecular flexibility index (Phi) is 2.63. The molecular weight excluding hydrogens is 156 g/mol. The molecule has 1 heterocycles. The Balaban J connectivity index is 2.37. The SMILES string of the molecule is CC(=O)C(=O)NCc1ccc[nH]1. The van der Waals surface area contributed by atoms with Crippen LogP contribution in [0.5, 0.6) is 0 Å². The van der Waals surface area contributed by atoms with Gasteiger partial charge < -0.3 is 10.3 Å². The van der Waals surface area contributed by atoms with Crippen LogP contribution in [0.15, 0.2) is 18.3 Å². The fourth-order valence-corrected chi connectivity index (χ4v) is 0.777. The third-order valence-electron chi connectivity index (χ3n) is 1.42. The number of carbonyl (C=O) groups is 2. The molecule has 12 heavy (non-hydrogen) atoms. The van der Waals surface area contributed by atoms with E-state index in [4.69, 9.17) is 0 Å². The molecule has 0 aliphatic heterocycles. The zero-order valence-electron chi connectivity index (χ0n) is 6.76. The number of rotatable bonds is 3. The maximum atomic E-state index is 10.8. The lowest BCUT2D eigenvalue weighted by Gasteiger charge is -1.98. The number of Topliss-reactive ketones (excluding diaryl/α,β-unsaturated/α-hetero) is 1. The number of aromatic amines is 1. The highest BCUT2D eigenvalue weighted by Gasteiger charge is 2.05. The fourth-order valence-electron chi connectivity index (χ4n) is 0.777. The summed E-state index contributed by atoms with van der Waals surface area (Å²) in [6.45, 7) is 1.61. The molecule has 0 saturated carbocycles. The number of H-pyrrole nitrogens is 1. The van der Waals surface area contributed by atoms with Gasteiger partial charge in [0.25, 0.3) is 5.91 Å². The highest BCUT2D eigenvalue weighted by molar-refractivity contribution is 6.35.